The summed E-state index contributed by atoms with van der Waals surface area (Å²) in [6, 6.07) is 1.81. The Kier molecular flexibility index (Phi) is 3.40. The quantitative estimate of drug-likeness (QED) is 0.929. The average molecular weight is 289 g/mol. The van der Waals surface area contributed by atoms with Gasteiger partial charge in [0, 0.05) is 19.2 Å². The number of anilines is 1. The molecule has 7 nitrogen and oxygen atoms in total. The molecule has 7 heteroatoms. The van der Waals surface area contributed by atoms with Crippen LogP contribution in [0.15, 0.2) is 16.8 Å². The van der Waals surface area contributed by atoms with E-state index in [0.717, 1.165) is 24.3 Å². The third-order valence-electron chi connectivity index (χ3n) is 3.86. The van der Waals surface area contributed by atoms with Gasteiger partial charge in [-0.1, -0.05) is 5.16 Å². The Morgan fingerprint density at radius 2 is 2.38 bits per heavy atom. The molecule has 0 saturated carbocycles. The minimum absolute atomic E-state index is 0.0710. The van der Waals surface area contributed by atoms with Crippen LogP contribution in [-0.2, 0) is 6.54 Å². The molecule has 0 aromatic carbocycles. The Morgan fingerprint density at radius 3 is 3.05 bits per heavy atom. The predicted octanol–water partition coefficient (Wildman–Crippen LogP) is 1.76. The summed E-state index contributed by atoms with van der Waals surface area (Å²) >= 11 is 0. The minimum Gasteiger partial charge on any atom is -0.396 e. The van der Waals surface area contributed by atoms with E-state index in [2.05, 4.69) is 10.3 Å². The maximum absolute atomic E-state index is 12.8. The monoisotopic (exact) mass is 289 g/mol. The van der Waals surface area contributed by atoms with Crippen molar-refractivity contribution in [2.24, 2.45) is 0 Å². The van der Waals surface area contributed by atoms with E-state index in [-0.39, 0.29) is 11.9 Å². The van der Waals surface area contributed by atoms with Crippen molar-refractivity contribution >= 4 is 11.6 Å². The first kappa shape index (κ1) is 13.7. The van der Waals surface area contributed by atoms with E-state index in [1.807, 2.05) is 19.9 Å². The van der Waals surface area contributed by atoms with Crippen molar-refractivity contribution < 1.29 is 9.32 Å². The summed E-state index contributed by atoms with van der Waals surface area (Å²) in [6.45, 7) is 5.11. The van der Waals surface area contributed by atoms with Crippen LogP contribution >= 0.6 is 0 Å². The lowest BCUT2D eigenvalue weighted by atomic mass is 10.1. The molecule has 3 heterocycles. The molecule has 1 unspecified atom stereocenters. The third kappa shape index (κ3) is 2.28. The molecule has 1 fully saturated rings. The molecule has 1 aliphatic rings. The first-order valence-electron chi connectivity index (χ1n) is 7.17. The van der Waals surface area contributed by atoms with E-state index in [1.54, 1.807) is 9.58 Å². The maximum atomic E-state index is 12.8. The van der Waals surface area contributed by atoms with Gasteiger partial charge in [-0.25, -0.2) is 0 Å². The van der Waals surface area contributed by atoms with Crippen LogP contribution < -0.4 is 5.73 Å². The van der Waals surface area contributed by atoms with Crippen molar-refractivity contribution in [1.29, 1.82) is 0 Å². The second-order valence-electron chi connectivity index (χ2n) is 5.29. The van der Waals surface area contributed by atoms with Crippen molar-refractivity contribution in [1.82, 2.24) is 19.8 Å². The van der Waals surface area contributed by atoms with E-state index in [4.69, 9.17) is 10.3 Å². The van der Waals surface area contributed by atoms with Crippen LogP contribution in [0.5, 0.6) is 0 Å². The predicted molar refractivity (Wildman–Crippen MR) is 76.6 cm³/mol. The van der Waals surface area contributed by atoms with Crippen LogP contribution in [-0.4, -0.2) is 32.3 Å². The number of rotatable bonds is 3. The van der Waals surface area contributed by atoms with Crippen molar-refractivity contribution in [2.45, 2.75) is 39.3 Å². The molecule has 0 aliphatic carbocycles. The Hall–Kier alpha value is -2.31. The second kappa shape index (κ2) is 5.23. The van der Waals surface area contributed by atoms with Gasteiger partial charge in [0.1, 0.15) is 5.69 Å². The normalized spacial score (nSPS) is 18.4. The summed E-state index contributed by atoms with van der Waals surface area (Å²) in [5.74, 6) is 0.642. The molecular weight excluding hydrogens is 270 g/mol. The van der Waals surface area contributed by atoms with Gasteiger partial charge in [0.15, 0.2) is 5.76 Å². The van der Waals surface area contributed by atoms with Crippen LogP contribution in [0.3, 0.4) is 0 Å². The Balaban J connectivity index is 1.91. The van der Waals surface area contributed by atoms with Gasteiger partial charge in [0.2, 0.25) is 0 Å². The van der Waals surface area contributed by atoms with E-state index < -0.39 is 0 Å². The lowest BCUT2D eigenvalue weighted by Crippen LogP contribution is -2.32. The topological polar surface area (TPSA) is 90.2 Å². The summed E-state index contributed by atoms with van der Waals surface area (Å²) in [6.07, 6.45) is 3.34. The molecule has 1 aliphatic heterocycles. The minimum atomic E-state index is -0.0941. The first-order chi connectivity index (χ1) is 10.1. The fourth-order valence-electron chi connectivity index (χ4n) is 2.86. The van der Waals surface area contributed by atoms with Gasteiger partial charge in [-0.3, -0.25) is 9.48 Å². The summed E-state index contributed by atoms with van der Waals surface area (Å²) in [5.41, 5.74) is 7.61. The number of nitrogens with zero attached hydrogens (tertiary/aromatic N) is 4. The van der Waals surface area contributed by atoms with E-state index in [1.165, 1.54) is 6.20 Å². The number of hydrogen-bond donors (Lipinski definition) is 1. The van der Waals surface area contributed by atoms with Crippen molar-refractivity contribution in [3.63, 3.8) is 0 Å². The number of hydrogen-bond acceptors (Lipinski definition) is 5. The summed E-state index contributed by atoms with van der Waals surface area (Å²) < 4.78 is 6.97. The summed E-state index contributed by atoms with van der Waals surface area (Å²) in [7, 11) is 0. The molecule has 0 radical (unpaired) electrons. The number of amides is 1. The van der Waals surface area contributed by atoms with Gasteiger partial charge in [-0.05, 0) is 26.7 Å². The SMILES string of the molecule is CCn1ncc(N)c1C(=O)N1CCCC1c1cc(C)no1. The van der Waals surface area contributed by atoms with Crippen LogP contribution in [0.2, 0.25) is 0 Å². The summed E-state index contributed by atoms with van der Waals surface area (Å²) in [5, 5.41) is 8.05. The highest BCUT2D eigenvalue weighted by Gasteiger charge is 2.35. The number of carbonyl (C=O) groups is 1. The highest BCUT2D eigenvalue weighted by molar-refractivity contribution is 5.97. The van der Waals surface area contributed by atoms with Crippen LogP contribution in [0.4, 0.5) is 5.69 Å². The highest BCUT2D eigenvalue weighted by Crippen LogP contribution is 2.34. The number of likely N-dealkylation sites (tertiary alicyclic amines) is 1. The number of carbonyl (C=O) groups excluding carboxylic acids is 1. The van der Waals surface area contributed by atoms with Gasteiger partial charge < -0.3 is 15.2 Å². The highest BCUT2D eigenvalue weighted by atomic mass is 16.5. The molecule has 21 heavy (non-hydrogen) atoms. The van der Waals surface area contributed by atoms with Crippen LogP contribution in [0.1, 0.15) is 47.7 Å². The fourth-order valence-corrected chi connectivity index (χ4v) is 2.86. The zero-order chi connectivity index (χ0) is 15.0. The van der Waals surface area contributed by atoms with Gasteiger partial charge in [-0.15, -0.1) is 0 Å². The zero-order valence-corrected chi connectivity index (χ0v) is 12.2. The van der Waals surface area contributed by atoms with Crippen LogP contribution in [0, 0.1) is 6.92 Å². The third-order valence-corrected chi connectivity index (χ3v) is 3.86. The Labute approximate surface area is 122 Å². The van der Waals surface area contributed by atoms with Crippen molar-refractivity contribution in [3.05, 3.63) is 29.4 Å². The maximum Gasteiger partial charge on any atom is 0.274 e. The molecule has 0 spiro atoms. The molecule has 1 saturated heterocycles. The second-order valence-corrected chi connectivity index (χ2v) is 5.29. The van der Waals surface area contributed by atoms with E-state index in [0.29, 0.717) is 24.5 Å². The summed E-state index contributed by atoms with van der Waals surface area (Å²) in [4.78, 5) is 14.6. The Morgan fingerprint density at radius 1 is 1.57 bits per heavy atom. The molecule has 2 aromatic heterocycles. The van der Waals surface area contributed by atoms with E-state index >= 15 is 0 Å². The standard InChI is InChI=1S/C14H19N5O2/c1-3-19-13(10(15)8-16-19)14(20)18-6-4-5-11(18)12-7-9(2)17-21-12/h7-8,11H,3-6,15H2,1-2H3. The average Bonchev–Trinajstić information content (AvgIpc) is 3.16. The van der Waals surface area contributed by atoms with Crippen LogP contribution in [0.25, 0.3) is 0 Å². The molecule has 112 valence electrons. The molecule has 1 amide bonds. The molecule has 2 aromatic rings. The van der Waals surface area contributed by atoms with Gasteiger partial charge in [0.05, 0.1) is 23.6 Å². The molecular formula is C14H19N5O2. The zero-order valence-electron chi connectivity index (χ0n) is 12.2. The number of nitrogens with two attached hydrogens (primary N) is 1. The molecule has 3 rings (SSSR count). The number of aryl methyl sites for hydroxylation is 2. The molecule has 2 N–H and O–H groups in total. The van der Waals surface area contributed by atoms with Gasteiger partial charge >= 0.3 is 0 Å². The molecule has 0 bridgehead atoms. The lowest BCUT2D eigenvalue weighted by molar-refractivity contribution is 0.0703. The molecule has 1 atom stereocenters. The van der Waals surface area contributed by atoms with E-state index in [9.17, 15) is 4.79 Å². The Bertz CT molecular complexity index is 660. The fraction of sp³-hybridized carbons (Fsp3) is 0.500. The smallest absolute Gasteiger partial charge is 0.274 e. The lowest BCUT2D eigenvalue weighted by Gasteiger charge is -2.23. The number of nitrogen functional groups attached to an aromatic ring is 1. The van der Waals surface area contributed by atoms with Gasteiger partial charge in [0.25, 0.3) is 5.91 Å². The van der Waals surface area contributed by atoms with Crippen molar-refractivity contribution in [3.8, 4) is 0 Å². The number of aromatic nitrogens is 3. The van der Waals surface area contributed by atoms with Gasteiger partial charge in [-0.2, -0.15) is 5.10 Å². The van der Waals surface area contributed by atoms with Crippen molar-refractivity contribution in [2.75, 3.05) is 12.3 Å². The largest absolute Gasteiger partial charge is 0.396 e. The first-order valence-corrected chi connectivity index (χ1v) is 7.17.